The number of nitrogens with one attached hydrogen (secondary N) is 2. The van der Waals surface area contributed by atoms with Crippen LogP contribution in [0.2, 0.25) is 0 Å². The van der Waals surface area contributed by atoms with Crippen LogP contribution in [0.4, 0.5) is 18.9 Å². The smallest absolute Gasteiger partial charge is 0.272 e. The highest BCUT2D eigenvalue weighted by molar-refractivity contribution is 7.93. The molecule has 0 aliphatic rings. The maximum atomic E-state index is 14.2. The Morgan fingerprint density at radius 1 is 1.23 bits per heavy atom. The number of rotatable bonds is 7. The van der Waals surface area contributed by atoms with Crippen LogP contribution in [-0.4, -0.2) is 43.5 Å². The number of aromatic nitrogens is 3. The Morgan fingerprint density at radius 2 is 2.03 bits per heavy atom. The molecule has 0 aliphatic heterocycles. The number of hydrogen-bond acceptors (Lipinski definition) is 6. The van der Waals surface area contributed by atoms with Gasteiger partial charge in [-0.1, -0.05) is 18.2 Å². The molecular formula is C19H15F3N4O4S. The lowest BCUT2D eigenvalue weighted by molar-refractivity contribution is 0.0770. The first-order valence-corrected chi connectivity index (χ1v) is 10.3. The van der Waals surface area contributed by atoms with Gasteiger partial charge < -0.3 is 14.5 Å². The van der Waals surface area contributed by atoms with Crippen LogP contribution in [0.5, 0.6) is 11.8 Å². The lowest BCUT2D eigenvalue weighted by atomic mass is 10.1. The molecule has 0 radical (unpaired) electrons. The second-order valence-corrected chi connectivity index (χ2v) is 8.01. The summed E-state index contributed by atoms with van der Waals surface area (Å²) < 4.78 is 76.6. The van der Waals surface area contributed by atoms with Crippen molar-refractivity contribution >= 4 is 37.5 Å². The average Bonchev–Trinajstić information content (AvgIpc) is 3.18. The van der Waals surface area contributed by atoms with Crippen LogP contribution >= 0.6 is 0 Å². The van der Waals surface area contributed by atoms with Crippen molar-refractivity contribution in [2.24, 2.45) is 0 Å². The van der Waals surface area contributed by atoms with Crippen molar-refractivity contribution in [3.8, 4) is 11.8 Å². The highest BCUT2D eigenvalue weighted by Crippen LogP contribution is 2.33. The standard InChI is InChI=1S/C19H15F3N4O4S/c1-29-19-13(7-12(20)18(25-19)30-9-15(21)22)26-31(27,28)14-8-24-17-11(14)5-4-10-3-2-6-23-16(10)17/h2-8,15,24,26H,9H2,1H3. The van der Waals surface area contributed by atoms with Gasteiger partial charge in [0, 0.05) is 29.2 Å². The zero-order valence-electron chi connectivity index (χ0n) is 15.9. The molecule has 3 aromatic heterocycles. The minimum atomic E-state index is -4.21. The quantitative estimate of drug-likeness (QED) is 0.443. The number of anilines is 1. The Hall–Kier alpha value is -3.54. The first-order chi connectivity index (χ1) is 14.8. The Labute approximate surface area is 174 Å². The van der Waals surface area contributed by atoms with Gasteiger partial charge in [0.05, 0.1) is 18.1 Å². The van der Waals surface area contributed by atoms with E-state index in [4.69, 9.17) is 4.74 Å². The van der Waals surface area contributed by atoms with Gasteiger partial charge in [-0.3, -0.25) is 9.71 Å². The van der Waals surface area contributed by atoms with Crippen molar-refractivity contribution in [2.45, 2.75) is 11.3 Å². The molecule has 1 aromatic carbocycles. The number of sulfonamides is 1. The van der Waals surface area contributed by atoms with Crippen molar-refractivity contribution in [1.82, 2.24) is 15.0 Å². The Kier molecular flexibility index (Phi) is 5.31. The number of fused-ring (bicyclic) bond motifs is 3. The summed E-state index contributed by atoms with van der Waals surface area (Å²) in [5.74, 6) is -2.21. The minimum Gasteiger partial charge on any atom is -0.479 e. The van der Waals surface area contributed by atoms with E-state index in [9.17, 15) is 21.6 Å². The van der Waals surface area contributed by atoms with Crippen LogP contribution in [-0.2, 0) is 10.0 Å². The average molecular weight is 452 g/mol. The summed E-state index contributed by atoms with van der Waals surface area (Å²) in [6.07, 6.45) is 0.0431. The van der Waals surface area contributed by atoms with E-state index in [0.717, 1.165) is 11.5 Å². The lowest BCUT2D eigenvalue weighted by Crippen LogP contribution is -2.15. The van der Waals surface area contributed by atoms with Crippen LogP contribution in [0.1, 0.15) is 0 Å². The van der Waals surface area contributed by atoms with Gasteiger partial charge in [-0.15, -0.1) is 0 Å². The number of H-pyrrole nitrogens is 1. The SMILES string of the molecule is COc1nc(OCC(F)F)c(F)cc1NS(=O)(=O)c1c[nH]c2c1ccc1cccnc12. The highest BCUT2D eigenvalue weighted by atomic mass is 32.2. The van der Waals surface area contributed by atoms with E-state index >= 15 is 0 Å². The number of alkyl halides is 2. The molecule has 31 heavy (non-hydrogen) atoms. The molecule has 0 bridgehead atoms. The van der Waals surface area contributed by atoms with E-state index in [1.165, 1.54) is 13.3 Å². The van der Waals surface area contributed by atoms with E-state index in [0.29, 0.717) is 16.4 Å². The molecule has 2 N–H and O–H groups in total. The maximum absolute atomic E-state index is 14.2. The van der Waals surface area contributed by atoms with E-state index in [1.807, 2.05) is 6.07 Å². The number of methoxy groups -OCH3 is 1. The molecule has 3 heterocycles. The maximum Gasteiger partial charge on any atom is 0.272 e. The molecule has 0 saturated heterocycles. The molecule has 0 fully saturated rings. The largest absolute Gasteiger partial charge is 0.479 e. The summed E-state index contributed by atoms with van der Waals surface area (Å²) in [5.41, 5.74) is 0.787. The Morgan fingerprint density at radius 3 is 2.77 bits per heavy atom. The highest BCUT2D eigenvalue weighted by Gasteiger charge is 2.24. The summed E-state index contributed by atoms with van der Waals surface area (Å²) in [4.78, 5) is 10.7. The number of ether oxygens (including phenoxy) is 2. The van der Waals surface area contributed by atoms with Crippen LogP contribution < -0.4 is 14.2 Å². The van der Waals surface area contributed by atoms with Gasteiger partial charge in [0.25, 0.3) is 22.3 Å². The number of halogens is 3. The third-order valence-electron chi connectivity index (χ3n) is 4.37. The molecule has 0 spiro atoms. The molecule has 8 nitrogen and oxygen atoms in total. The number of benzene rings is 1. The second-order valence-electron chi connectivity index (χ2n) is 6.36. The Bertz CT molecular complexity index is 1380. The summed E-state index contributed by atoms with van der Waals surface area (Å²) in [6, 6.07) is 7.71. The van der Waals surface area contributed by atoms with Gasteiger partial charge in [0.2, 0.25) is 5.88 Å². The molecule has 0 unspecified atom stereocenters. The van der Waals surface area contributed by atoms with Crippen LogP contribution in [0.25, 0.3) is 21.8 Å². The monoisotopic (exact) mass is 452 g/mol. The second kappa shape index (κ2) is 7.95. The molecule has 12 heteroatoms. The van der Waals surface area contributed by atoms with Gasteiger partial charge in [-0.2, -0.15) is 4.98 Å². The van der Waals surface area contributed by atoms with E-state index < -0.39 is 34.8 Å². The zero-order chi connectivity index (χ0) is 22.2. The summed E-state index contributed by atoms with van der Waals surface area (Å²) in [7, 11) is -3.04. The normalized spacial score (nSPS) is 11.9. The number of pyridine rings is 2. The van der Waals surface area contributed by atoms with Crippen LogP contribution in [0.3, 0.4) is 0 Å². The van der Waals surface area contributed by atoms with Gasteiger partial charge in [-0.05, 0) is 6.07 Å². The topological polar surface area (TPSA) is 106 Å². The van der Waals surface area contributed by atoms with Crippen molar-refractivity contribution in [3.05, 3.63) is 48.5 Å². The summed E-state index contributed by atoms with van der Waals surface area (Å²) in [5, 5.41) is 1.20. The van der Waals surface area contributed by atoms with Crippen molar-refractivity contribution in [3.63, 3.8) is 0 Å². The van der Waals surface area contributed by atoms with E-state index in [-0.39, 0.29) is 16.5 Å². The van der Waals surface area contributed by atoms with Crippen LogP contribution in [0.15, 0.2) is 47.6 Å². The first-order valence-electron chi connectivity index (χ1n) is 8.83. The molecule has 4 aromatic rings. The predicted octanol–water partition coefficient (Wildman–Crippen LogP) is 3.70. The molecule has 0 atom stereocenters. The molecular weight excluding hydrogens is 437 g/mol. The van der Waals surface area contributed by atoms with Gasteiger partial charge >= 0.3 is 0 Å². The Balaban J connectivity index is 1.72. The third-order valence-corrected chi connectivity index (χ3v) is 5.78. The first kappa shape index (κ1) is 20.7. The van der Waals surface area contributed by atoms with E-state index in [1.54, 1.807) is 24.4 Å². The zero-order valence-corrected chi connectivity index (χ0v) is 16.7. The number of aromatic amines is 1. The van der Waals surface area contributed by atoms with Crippen molar-refractivity contribution in [1.29, 1.82) is 0 Å². The number of hydrogen-bond donors (Lipinski definition) is 2. The lowest BCUT2D eigenvalue weighted by Gasteiger charge is -2.13. The molecule has 162 valence electrons. The van der Waals surface area contributed by atoms with E-state index in [2.05, 4.69) is 24.4 Å². The minimum absolute atomic E-state index is 0.101. The predicted molar refractivity (Wildman–Crippen MR) is 107 cm³/mol. The number of nitrogens with zero attached hydrogens (tertiary/aromatic N) is 2. The van der Waals surface area contributed by atoms with Crippen molar-refractivity contribution < 1.29 is 31.1 Å². The van der Waals surface area contributed by atoms with Crippen molar-refractivity contribution in [2.75, 3.05) is 18.4 Å². The molecule has 0 saturated carbocycles. The molecule has 4 rings (SSSR count). The van der Waals surface area contributed by atoms with Gasteiger partial charge in [0.15, 0.2) is 12.4 Å². The summed E-state index contributed by atoms with van der Waals surface area (Å²) >= 11 is 0. The molecule has 0 amide bonds. The fourth-order valence-electron chi connectivity index (χ4n) is 3.06. The third kappa shape index (κ3) is 3.93. The van der Waals surface area contributed by atoms with Crippen LogP contribution in [0, 0.1) is 5.82 Å². The fraction of sp³-hybridized carbons (Fsp3) is 0.158. The van der Waals surface area contributed by atoms with Gasteiger partial charge in [0.1, 0.15) is 10.6 Å². The molecule has 0 aliphatic carbocycles. The fourth-order valence-corrected chi connectivity index (χ4v) is 4.28. The summed E-state index contributed by atoms with van der Waals surface area (Å²) in [6.45, 7) is -1.07. The van der Waals surface area contributed by atoms with Gasteiger partial charge in [-0.25, -0.2) is 21.6 Å².